The smallest absolute Gasteiger partial charge is 0.179 e. The largest absolute Gasteiger partial charge is 0.377 e. The number of sulfone groups is 1. The Bertz CT molecular complexity index is 1390. The van der Waals surface area contributed by atoms with Crippen molar-refractivity contribution in [3.63, 3.8) is 0 Å². The van der Waals surface area contributed by atoms with E-state index in [-0.39, 0.29) is 6.04 Å². The summed E-state index contributed by atoms with van der Waals surface area (Å²) >= 11 is 0. The highest BCUT2D eigenvalue weighted by molar-refractivity contribution is 7.90. The molecule has 1 aliphatic heterocycles. The van der Waals surface area contributed by atoms with Gasteiger partial charge in [-0.1, -0.05) is 6.07 Å². The van der Waals surface area contributed by atoms with Gasteiger partial charge in [-0.05, 0) is 49.2 Å². The maximum Gasteiger partial charge on any atom is 0.179 e. The molecule has 0 amide bonds. The van der Waals surface area contributed by atoms with Crippen molar-refractivity contribution in [3.8, 4) is 22.6 Å². The molecule has 4 aromatic rings. The van der Waals surface area contributed by atoms with Gasteiger partial charge in [-0.15, -0.1) is 5.10 Å². The van der Waals surface area contributed by atoms with E-state index in [2.05, 4.69) is 33.1 Å². The standard InChI is InChI=1S/C22H24N6O3S/c1-14-10-16(32(3,29)30)4-5-17(14)18-11-21(27-8-9-31-13-15(27)2)26-28-20(18)12-23-22(28)19-6-7-24-25-19/h4-7,10-12,15H,8-9,13H2,1-3H3,(H,24,25)/t15-/m1/s1. The summed E-state index contributed by atoms with van der Waals surface area (Å²) in [4.78, 5) is 7.13. The van der Waals surface area contributed by atoms with E-state index in [4.69, 9.17) is 9.84 Å². The molecule has 5 rings (SSSR count). The number of aromatic amines is 1. The molecule has 10 heteroatoms. The molecule has 0 saturated carbocycles. The van der Waals surface area contributed by atoms with Crippen molar-refractivity contribution in [2.45, 2.75) is 24.8 Å². The quantitative estimate of drug-likeness (QED) is 0.507. The van der Waals surface area contributed by atoms with Crippen LogP contribution in [-0.2, 0) is 14.6 Å². The number of imidazole rings is 1. The second-order valence-electron chi connectivity index (χ2n) is 8.13. The van der Waals surface area contributed by atoms with Crippen molar-refractivity contribution in [2.75, 3.05) is 30.9 Å². The molecule has 9 nitrogen and oxygen atoms in total. The molecule has 0 radical (unpaired) electrons. The Balaban J connectivity index is 1.75. The number of hydrogen-bond donors (Lipinski definition) is 1. The van der Waals surface area contributed by atoms with Gasteiger partial charge in [0.15, 0.2) is 21.5 Å². The van der Waals surface area contributed by atoms with Gasteiger partial charge in [-0.2, -0.15) is 5.10 Å². The summed E-state index contributed by atoms with van der Waals surface area (Å²) in [6.45, 7) is 6.04. The molecule has 1 saturated heterocycles. The van der Waals surface area contributed by atoms with Crippen LogP contribution in [0.4, 0.5) is 5.82 Å². The van der Waals surface area contributed by atoms with Crippen LogP contribution in [0.2, 0.25) is 0 Å². The number of H-pyrrole nitrogens is 1. The van der Waals surface area contributed by atoms with Crippen LogP contribution in [0, 0.1) is 6.92 Å². The zero-order valence-corrected chi connectivity index (χ0v) is 18.9. The number of benzene rings is 1. The Morgan fingerprint density at radius 2 is 2.03 bits per heavy atom. The lowest BCUT2D eigenvalue weighted by Gasteiger charge is -2.34. The molecule has 0 unspecified atom stereocenters. The summed E-state index contributed by atoms with van der Waals surface area (Å²) in [5.74, 6) is 1.47. The molecule has 1 aliphatic rings. The predicted molar refractivity (Wildman–Crippen MR) is 121 cm³/mol. The first kappa shape index (κ1) is 20.7. The van der Waals surface area contributed by atoms with E-state index >= 15 is 0 Å². The first-order chi connectivity index (χ1) is 15.3. The fraction of sp³-hybridized carbons (Fsp3) is 0.318. The minimum Gasteiger partial charge on any atom is -0.377 e. The topological polar surface area (TPSA) is 105 Å². The van der Waals surface area contributed by atoms with E-state index in [0.29, 0.717) is 23.9 Å². The molecular formula is C22H24N6O3S. The first-order valence-electron chi connectivity index (χ1n) is 10.4. The SMILES string of the molecule is Cc1cc(S(C)(=O)=O)ccc1-c1cc(N2CCOC[C@H]2C)nn2c(-c3ccn[nH]3)ncc12. The van der Waals surface area contributed by atoms with Gasteiger partial charge in [0.1, 0.15) is 5.69 Å². The molecular weight excluding hydrogens is 428 g/mol. The van der Waals surface area contributed by atoms with Crippen LogP contribution < -0.4 is 4.90 Å². The van der Waals surface area contributed by atoms with Crippen molar-refractivity contribution in [1.82, 2.24) is 24.8 Å². The van der Waals surface area contributed by atoms with E-state index in [1.807, 2.05) is 23.6 Å². The molecule has 1 aromatic carbocycles. The lowest BCUT2D eigenvalue weighted by molar-refractivity contribution is 0.0984. The fourth-order valence-electron chi connectivity index (χ4n) is 4.12. The summed E-state index contributed by atoms with van der Waals surface area (Å²) in [6, 6.07) is 9.30. The Hall–Kier alpha value is -3.24. The zero-order valence-electron chi connectivity index (χ0n) is 18.1. The van der Waals surface area contributed by atoms with Gasteiger partial charge < -0.3 is 9.64 Å². The molecule has 32 heavy (non-hydrogen) atoms. The van der Waals surface area contributed by atoms with Crippen molar-refractivity contribution >= 4 is 21.2 Å². The second-order valence-corrected chi connectivity index (χ2v) is 10.1. The summed E-state index contributed by atoms with van der Waals surface area (Å²) in [5, 5.41) is 11.9. The third-order valence-corrected chi connectivity index (χ3v) is 6.92. The predicted octanol–water partition coefficient (Wildman–Crippen LogP) is 2.72. The number of anilines is 1. The van der Waals surface area contributed by atoms with Crippen LogP contribution in [-0.4, -0.2) is 65.3 Å². The molecule has 0 spiro atoms. The maximum atomic E-state index is 12.0. The molecule has 166 valence electrons. The van der Waals surface area contributed by atoms with Gasteiger partial charge in [-0.25, -0.2) is 17.9 Å². The fourth-order valence-corrected chi connectivity index (χ4v) is 4.83. The van der Waals surface area contributed by atoms with Gasteiger partial charge >= 0.3 is 0 Å². The van der Waals surface area contributed by atoms with Crippen LogP contribution in [0.25, 0.3) is 28.2 Å². The number of morpholine rings is 1. The number of rotatable bonds is 4. The number of aromatic nitrogens is 5. The molecule has 0 aliphatic carbocycles. The van der Waals surface area contributed by atoms with E-state index in [1.54, 1.807) is 24.5 Å². The average Bonchev–Trinajstić information content (AvgIpc) is 3.42. The van der Waals surface area contributed by atoms with Crippen molar-refractivity contribution in [1.29, 1.82) is 0 Å². The summed E-state index contributed by atoms with van der Waals surface area (Å²) in [6.07, 6.45) is 4.69. The average molecular weight is 453 g/mol. The third kappa shape index (κ3) is 3.55. The summed E-state index contributed by atoms with van der Waals surface area (Å²) < 4.78 is 31.5. The Morgan fingerprint density at radius 1 is 1.19 bits per heavy atom. The number of ether oxygens (including phenoxy) is 1. The lowest BCUT2D eigenvalue weighted by atomic mass is 10.0. The number of nitrogens with zero attached hydrogens (tertiary/aromatic N) is 5. The van der Waals surface area contributed by atoms with Gasteiger partial charge in [-0.3, -0.25) is 5.10 Å². The summed E-state index contributed by atoms with van der Waals surface area (Å²) in [5.41, 5.74) is 4.33. The maximum absolute atomic E-state index is 12.0. The summed E-state index contributed by atoms with van der Waals surface area (Å²) in [7, 11) is -3.29. The second kappa shape index (κ2) is 7.72. The van der Waals surface area contributed by atoms with Gasteiger partial charge in [0.05, 0.1) is 35.9 Å². The van der Waals surface area contributed by atoms with Crippen LogP contribution in [0.15, 0.2) is 47.6 Å². The zero-order chi connectivity index (χ0) is 22.5. The van der Waals surface area contributed by atoms with Crippen molar-refractivity contribution < 1.29 is 13.2 Å². The van der Waals surface area contributed by atoms with Gasteiger partial charge in [0.2, 0.25) is 0 Å². The van der Waals surface area contributed by atoms with Crippen molar-refractivity contribution in [3.05, 3.63) is 48.3 Å². The molecule has 4 heterocycles. The van der Waals surface area contributed by atoms with Crippen molar-refractivity contribution in [2.24, 2.45) is 0 Å². The molecule has 3 aromatic heterocycles. The molecule has 1 fully saturated rings. The van der Waals surface area contributed by atoms with Crippen LogP contribution >= 0.6 is 0 Å². The Kier molecular flexibility index (Phi) is 4.98. The van der Waals surface area contributed by atoms with Gasteiger partial charge in [0, 0.05) is 24.6 Å². The highest BCUT2D eigenvalue weighted by Crippen LogP contribution is 2.34. The number of aryl methyl sites for hydroxylation is 1. The molecule has 1 atom stereocenters. The molecule has 1 N–H and O–H groups in total. The minimum atomic E-state index is -3.29. The lowest BCUT2D eigenvalue weighted by Crippen LogP contribution is -2.44. The van der Waals surface area contributed by atoms with Crippen LogP contribution in [0.5, 0.6) is 0 Å². The number of nitrogens with one attached hydrogen (secondary N) is 1. The van der Waals surface area contributed by atoms with E-state index in [1.165, 1.54) is 6.26 Å². The number of hydrogen-bond acceptors (Lipinski definition) is 7. The third-order valence-electron chi connectivity index (χ3n) is 5.81. The van der Waals surface area contributed by atoms with Crippen LogP contribution in [0.3, 0.4) is 0 Å². The monoisotopic (exact) mass is 452 g/mol. The van der Waals surface area contributed by atoms with E-state index in [9.17, 15) is 8.42 Å². The first-order valence-corrected chi connectivity index (χ1v) is 12.3. The van der Waals surface area contributed by atoms with Crippen LogP contribution in [0.1, 0.15) is 12.5 Å². The van der Waals surface area contributed by atoms with E-state index in [0.717, 1.165) is 40.3 Å². The Labute approximate surface area is 186 Å². The highest BCUT2D eigenvalue weighted by atomic mass is 32.2. The molecule has 0 bridgehead atoms. The van der Waals surface area contributed by atoms with E-state index < -0.39 is 9.84 Å². The Morgan fingerprint density at radius 3 is 2.72 bits per heavy atom. The highest BCUT2D eigenvalue weighted by Gasteiger charge is 2.24. The normalized spacial score (nSPS) is 17.2. The number of fused-ring (bicyclic) bond motifs is 1. The minimum absolute atomic E-state index is 0.175. The van der Waals surface area contributed by atoms with Gasteiger partial charge in [0.25, 0.3) is 0 Å².